The molecule has 1 saturated heterocycles. The van der Waals surface area contributed by atoms with E-state index in [4.69, 9.17) is 5.26 Å². The summed E-state index contributed by atoms with van der Waals surface area (Å²) in [5.41, 5.74) is 2.74. The van der Waals surface area contributed by atoms with E-state index in [1.807, 2.05) is 23.1 Å². The second-order valence-corrected chi connectivity index (χ2v) is 5.85. The number of pyridine rings is 1. The van der Waals surface area contributed by atoms with Crippen molar-refractivity contribution in [3.8, 4) is 17.9 Å². The second kappa shape index (κ2) is 7.96. The van der Waals surface area contributed by atoms with E-state index >= 15 is 0 Å². The van der Waals surface area contributed by atoms with Crippen LogP contribution >= 0.6 is 0 Å². The summed E-state index contributed by atoms with van der Waals surface area (Å²) in [5.74, 6) is 6.55. The predicted molar refractivity (Wildman–Crippen MR) is 98.5 cm³/mol. The molecule has 1 aromatic carbocycles. The zero-order valence-corrected chi connectivity index (χ0v) is 14.1. The molecule has 1 fully saturated rings. The largest absolute Gasteiger partial charge is 0.350 e. The number of benzene rings is 1. The number of nitro groups is 1. The summed E-state index contributed by atoms with van der Waals surface area (Å²) < 4.78 is 0. The summed E-state index contributed by atoms with van der Waals surface area (Å²) >= 11 is 0. The fourth-order valence-electron chi connectivity index (χ4n) is 2.77. The molecule has 0 aliphatic carbocycles. The van der Waals surface area contributed by atoms with Crippen LogP contribution in [0.15, 0.2) is 54.2 Å². The van der Waals surface area contributed by atoms with Crippen molar-refractivity contribution in [2.75, 3.05) is 18.0 Å². The van der Waals surface area contributed by atoms with Gasteiger partial charge in [0.05, 0.1) is 16.6 Å². The molecular formula is C20H16N4O2. The minimum absolute atomic E-state index is 0.0422. The van der Waals surface area contributed by atoms with Crippen LogP contribution < -0.4 is 4.90 Å². The van der Waals surface area contributed by atoms with Crippen LogP contribution in [-0.2, 0) is 0 Å². The SMILES string of the molecule is N#Cc1ccc(C#CC=C2CCN(c3ncccc3[N+](=O)[O-])CC2)cc1. The Kier molecular flexibility index (Phi) is 5.26. The van der Waals surface area contributed by atoms with E-state index in [0.29, 0.717) is 24.5 Å². The highest BCUT2D eigenvalue weighted by atomic mass is 16.6. The summed E-state index contributed by atoms with van der Waals surface area (Å²) in [7, 11) is 0. The van der Waals surface area contributed by atoms with Crippen LogP contribution in [0.1, 0.15) is 24.0 Å². The Balaban J connectivity index is 1.64. The maximum atomic E-state index is 11.1. The van der Waals surface area contributed by atoms with Gasteiger partial charge in [0.1, 0.15) is 0 Å². The van der Waals surface area contributed by atoms with Crippen LogP contribution in [0, 0.1) is 33.3 Å². The quantitative estimate of drug-likeness (QED) is 0.473. The molecule has 0 bridgehead atoms. The molecule has 0 N–H and O–H groups in total. The molecule has 6 nitrogen and oxygen atoms in total. The number of hydrogen-bond acceptors (Lipinski definition) is 5. The van der Waals surface area contributed by atoms with Gasteiger partial charge in [0, 0.05) is 30.9 Å². The van der Waals surface area contributed by atoms with Crippen LogP contribution in [-0.4, -0.2) is 23.0 Å². The van der Waals surface area contributed by atoms with Gasteiger partial charge in [-0.05, 0) is 49.2 Å². The molecule has 0 radical (unpaired) electrons. The number of aromatic nitrogens is 1. The van der Waals surface area contributed by atoms with Crippen molar-refractivity contribution in [2.45, 2.75) is 12.8 Å². The minimum atomic E-state index is -0.392. The molecular weight excluding hydrogens is 328 g/mol. The Bertz CT molecular complexity index is 936. The molecule has 128 valence electrons. The van der Waals surface area contributed by atoms with Gasteiger partial charge in [-0.25, -0.2) is 4.98 Å². The lowest BCUT2D eigenvalue weighted by atomic mass is 10.0. The summed E-state index contributed by atoms with van der Waals surface area (Å²) in [6, 6.07) is 12.3. The van der Waals surface area contributed by atoms with Gasteiger partial charge in [-0.1, -0.05) is 17.4 Å². The number of allylic oxidation sites excluding steroid dienone is 1. The van der Waals surface area contributed by atoms with Gasteiger partial charge in [0.25, 0.3) is 0 Å². The van der Waals surface area contributed by atoms with Gasteiger partial charge in [0.2, 0.25) is 5.82 Å². The lowest BCUT2D eigenvalue weighted by Gasteiger charge is -2.28. The molecule has 2 heterocycles. The predicted octanol–water partition coefficient (Wildman–Crippen LogP) is 3.44. The Labute approximate surface area is 151 Å². The molecule has 3 rings (SSSR count). The lowest BCUT2D eigenvalue weighted by Crippen LogP contribution is -2.31. The third-order valence-electron chi connectivity index (χ3n) is 4.17. The van der Waals surface area contributed by atoms with Gasteiger partial charge in [-0.2, -0.15) is 5.26 Å². The van der Waals surface area contributed by atoms with Crippen LogP contribution in [0.25, 0.3) is 0 Å². The molecule has 1 aromatic heterocycles. The normalized spacial score (nSPS) is 13.3. The van der Waals surface area contributed by atoms with Gasteiger partial charge >= 0.3 is 5.69 Å². The molecule has 0 amide bonds. The first-order valence-corrected chi connectivity index (χ1v) is 8.21. The highest BCUT2D eigenvalue weighted by Gasteiger charge is 2.23. The first kappa shape index (κ1) is 17.2. The van der Waals surface area contributed by atoms with Crippen LogP contribution in [0.4, 0.5) is 11.5 Å². The van der Waals surface area contributed by atoms with Gasteiger partial charge < -0.3 is 4.90 Å². The van der Waals surface area contributed by atoms with E-state index < -0.39 is 4.92 Å². The van der Waals surface area contributed by atoms with Gasteiger partial charge in [0.15, 0.2) is 0 Å². The standard InChI is InChI=1S/C20H16N4O2/c21-15-18-8-6-16(7-9-18)3-1-4-17-10-13-23(14-11-17)20-19(24(25)26)5-2-12-22-20/h2,4-9,12H,10-11,13-14H2. The lowest BCUT2D eigenvalue weighted by molar-refractivity contribution is -0.384. The third kappa shape index (κ3) is 4.06. The second-order valence-electron chi connectivity index (χ2n) is 5.85. The maximum absolute atomic E-state index is 11.1. The molecule has 1 aliphatic rings. The number of rotatable bonds is 2. The van der Waals surface area contributed by atoms with Crippen LogP contribution in [0.3, 0.4) is 0 Å². The van der Waals surface area contributed by atoms with E-state index in [9.17, 15) is 10.1 Å². The average Bonchev–Trinajstić information content (AvgIpc) is 2.69. The number of nitriles is 1. The Morgan fingerprint density at radius 1 is 1.15 bits per heavy atom. The Morgan fingerprint density at radius 2 is 1.85 bits per heavy atom. The molecule has 26 heavy (non-hydrogen) atoms. The van der Waals surface area contributed by atoms with Gasteiger partial charge in [-0.3, -0.25) is 10.1 Å². The fourth-order valence-corrected chi connectivity index (χ4v) is 2.77. The average molecular weight is 344 g/mol. The smallest absolute Gasteiger partial charge is 0.311 e. The van der Waals surface area contributed by atoms with Crippen molar-refractivity contribution in [3.63, 3.8) is 0 Å². The van der Waals surface area contributed by atoms with E-state index in [1.165, 1.54) is 11.6 Å². The van der Waals surface area contributed by atoms with Crippen molar-refractivity contribution < 1.29 is 4.92 Å². The minimum Gasteiger partial charge on any atom is -0.350 e. The maximum Gasteiger partial charge on any atom is 0.311 e. The molecule has 0 unspecified atom stereocenters. The molecule has 6 heteroatoms. The molecule has 0 saturated carbocycles. The highest BCUT2D eigenvalue weighted by Crippen LogP contribution is 2.28. The fraction of sp³-hybridized carbons (Fsp3) is 0.200. The van der Waals surface area contributed by atoms with Crippen molar-refractivity contribution in [1.82, 2.24) is 4.98 Å². The van der Waals surface area contributed by atoms with Crippen molar-refractivity contribution in [1.29, 1.82) is 5.26 Å². The number of piperidine rings is 1. The monoisotopic (exact) mass is 344 g/mol. The summed E-state index contributed by atoms with van der Waals surface area (Å²) in [6.45, 7) is 1.37. The number of anilines is 1. The molecule has 2 aromatic rings. The van der Waals surface area contributed by atoms with Gasteiger partial charge in [-0.15, -0.1) is 0 Å². The first-order chi connectivity index (χ1) is 12.7. The molecule has 1 aliphatic heterocycles. The van der Waals surface area contributed by atoms with Crippen LogP contribution in [0.5, 0.6) is 0 Å². The number of nitrogens with zero attached hydrogens (tertiary/aromatic N) is 4. The molecule has 0 spiro atoms. The Morgan fingerprint density at radius 3 is 2.50 bits per heavy atom. The van der Waals surface area contributed by atoms with E-state index in [1.54, 1.807) is 24.4 Å². The topological polar surface area (TPSA) is 83.1 Å². The number of hydrogen-bond donors (Lipinski definition) is 0. The summed E-state index contributed by atoms with van der Waals surface area (Å²) in [5, 5.41) is 19.9. The third-order valence-corrected chi connectivity index (χ3v) is 4.17. The van der Waals surface area contributed by atoms with Crippen molar-refractivity contribution >= 4 is 11.5 Å². The highest BCUT2D eigenvalue weighted by molar-refractivity contribution is 5.58. The van der Waals surface area contributed by atoms with Crippen LogP contribution in [0.2, 0.25) is 0 Å². The first-order valence-electron chi connectivity index (χ1n) is 8.21. The molecule has 0 atom stereocenters. The van der Waals surface area contributed by atoms with Crippen molar-refractivity contribution in [3.05, 3.63) is 75.5 Å². The zero-order chi connectivity index (χ0) is 18.4. The van der Waals surface area contributed by atoms with E-state index in [2.05, 4.69) is 22.9 Å². The summed E-state index contributed by atoms with van der Waals surface area (Å²) in [4.78, 5) is 16.9. The summed E-state index contributed by atoms with van der Waals surface area (Å²) in [6.07, 6.45) is 5.10. The van der Waals surface area contributed by atoms with Crippen molar-refractivity contribution in [2.24, 2.45) is 0 Å². The van der Waals surface area contributed by atoms with E-state index in [0.717, 1.165) is 18.4 Å². The Hall–Kier alpha value is -3.64. The zero-order valence-electron chi connectivity index (χ0n) is 14.1. The van der Waals surface area contributed by atoms with E-state index in [-0.39, 0.29) is 5.69 Å².